The van der Waals surface area contributed by atoms with Crippen LogP contribution in [-0.4, -0.2) is 25.4 Å². The van der Waals surface area contributed by atoms with E-state index in [0.29, 0.717) is 10.6 Å². The van der Waals surface area contributed by atoms with Crippen LogP contribution in [0.2, 0.25) is 0 Å². The molecule has 24 heavy (non-hydrogen) atoms. The van der Waals surface area contributed by atoms with E-state index in [-0.39, 0.29) is 10.8 Å². The summed E-state index contributed by atoms with van der Waals surface area (Å²) in [4.78, 5) is 12.1. The number of nitrogens with one attached hydrogen (secondary N) is 2. The molecule has 3 N–H and O–H groups in total. The molecule has 3 aromatic rings. The zero-order valence-corrected chi connectivity index (χ0v) is 14.0. The van der Waals surface area contributed by atoms with Crippen LogP contribution in [-0.2, 0) is 9.84 Å². The van der Waals surface area contributed by atoms with Gasteiger partial charge in [0.05, 0.1) is 9.77 Å². The lowest BCUT2D eigenvalue weighted by Crippen LogP contribution is -2.16. The number of thiophene rings is 1. The topological polar surface area (TPSA) is 95.5 Å². The summed E-state index contributed by atoms with van der Waals surface area (Å²) in [6, 6.07) is 15.2. The molecule has 2 aromatic carbocycles. The van der Waals surface area contributed by atoms with E-state index >= 15 is 0 Å². The Balaban J connectivity index is 1.79. The molecule has 8 heteroatoms. The van der Waals surface area contributed by atoms with Crippen LogP contribution >= 0.6 is 11.3 Å². The Morgan fingerprint density at radius 2 is 1.83 bits per heavy atom. The maximum atomic E-state index is 12.3. The highest BCUT2D eigenvalue weighted by atomic mass is 32.2. The summed E-state index contributed by atoms with van der Waals surface area (Å²) >= 11 is 1.24. The van der Waals surface area contributed by atoms with Crippen LogP contribution in [0.25, 0.3) is 10.1 Å². The molecule has 0 radical (unpaired) electrons. The number of amides is 1. The third kappa shape index (κ3) is 3.40. The number of benzene rings is 2. The molecule has 1 aromatic heterocycles. The smallest absolute Gasteiger partial charge is 0.284 e. The van der Waals surface area contributed by atoms with Gasteiger partial charge in [-0.15, -0.1) is 11.3 Å². The van der Waals surface area contributed by atoms with Crippen LogP contribution in [0.15, 0.2) is 59.5 Å². The molecule has 0 fully saturated rings. The maximum Gasteiger partial charge on any atom is 0.284 e. The van der Waals surface area contributed by atoms with E-state index in [1.807, 2.05) is 0 Å². The molecule has 0 aliphatic rings. The Morgan fingerprint density at radius 1 is 1.08 bits per heavy atom. The molecule has 3 rings (SSSR count). The van der Waals surface area contributed by atoms with Crippen molar-refractivity contribution in [2.45, 2.75) is 4.90 Å². The van der Waals surface area contributed by atoms with E-state index in [0.717, 1.165) is 10.1 Å². The van der Waals surface area contributed by atoms with Crippen molar-refractivity contribution in [1.82, 2.24) is 5.48 Å². The van der Waals surface area contributed by atoms with Crippen molar-refractivity contribution < 1.29 is 18.4 Å². The minimum atomic E-state index is -3.43. The molecule has 0 atom stereocenters. The average Bonchev–Trinajstić information content (AvgIpc) is 3.03. The molecule has 0 unspecified atom stereocenters. The number of carbonyl (C=O) groups excluding carboxylic acids is 1. The fourth-order valence-electron chi connectivity index (χ4n) is 2.21. The number of hydroxylamine groups is 1. The van der Waals surface area contributed by atoms with Crippen molar-refractivity contribution in [3.63, 3.8) is 0 Å². The molecular formula is C16H14N2O4S2. The third-order valence-corrected chi connectivity index (χ3v) is 6.04. The van der Waals surface area contributed by atoms with Crippen LogP contribution in [0.3, 0.4) is 0 Å². The van der Waals surface area contributed by atoms with Crippen molar-refractivity contribution in [3.8, 4) is 0 Å². The van der Waals surface area contributed by atoms with Gasteiger partial charge < -0.3 is 5.32 Å². The SMILES string of the molecule is O=C(NO)c1cc2cc(NCS(=O)(=O)c3ccccc3)ccc2s1. The number of sulfone groups is 1. The first-order valence-corrected chi connectivity index (χ1v) is 9.46. The van der Waals surface area contributed by atoms with Crippen LogP contribution in [0.1, 0.15) is 9.67 Å². The maximum absolute atomic E-state index is 12.3. The Morgan fingerprint density at radius 3 is 2.54 bits per heavy atom. The summed E-state index contributed by atoms with van der Waals surface area (Å²) in [5.74, 6) is -0.797. The van der Waals surface area contributed by atoms with Gasteiger partial charge in [-0.05, 0) is 41.8 Å². The number of hydrogen-bond donors (Lipinski definition) is 3. The minimum absolute atomic E-state index is 0.226. The van der Waals surface area contributed by atoms with E-state index in [1.54, 1.807) is 60.1 Å². The van der Waals surface area contributed by atoms with Gasteiger partial charge >= 0.3 is 0 Å². The van der Waals surface area contributed by atoms with E-state index in [4.69, 9.17) is 5.21 Å². The molecule has 0 saturated heterocycles. The normalized spacial score (nSPS) is 11.4. The standard InChI is InChI=1S/C16H14N2O4S2/c19-16(18-20)15-9-11-8-12(6-7-14(11)23-15)17-10-24(21,22)13-4-2-1-3-5-13/h1-9,17,20H,10H2,(H,18,19). The second-order valence-corrected chi connectivity index (χ2v) is 8.13. The van der Waals surface area contributed by atoms with Crippen molar-refractivity contribution in [1.29, 1.82) is 0 Å². The first-order valence-electron chi connectivity index (χ1n) is 6.99. The molecule has 0 aliphatic heterocycles. The second kappa shape index (κ2) is 6.60. The quantitative estimate of drug-likeness (QED) is 0.479. The van der Waals surface area contributed by atoms with Gasteiger partial charge in [0.25, 0.3) is 5.91 Å². The Bertz CT molecular complexity index is 982. The van der Waals surface area contributed by atoms with Gasteiger partial charge in [-0.1, -0.05) is 18.2 Å². The number of rotatable bonds is 5. The average molecular weight is 362 g/mol. The Hall–Kier alpha value is -2.42. The summed E-state index contributed by atoms with van der Waals surface area (Å²) in [6.07, 6.45) is 0. The summed E-state index contributed by atoms with van der Waals surface area (Å²) in [6.45, 7) is 0. The van der Waals surface area contributed by atoms with Crippen LogP contribution in [0.5, 0.6) is 0 Å². The zero-order valence-electron chi connectivity index (χ0n) is 12.4. The highest BCUT2D eigenvalue weighted by Gasteiger charge is 2.14. The number of anilines is 1. The third-order valence-electron chi connectivity index (χ3n) is 3.41. The Kier molecular flexibility index (Phi) is 4.52. The highest BCUT2D eigenvalue weighted by Crippen LogP contribution is 2.28. The number of hydrogen-bond acceptors (Lipinski definition) is 6. The Labute approximate surface area is 142 Å². The van der Waals surface area contributed by atoms with Crippen LogP contribution in [0, 0.1) is 0 Å². The molecule has 1 heterocycles. The number of fused-ring (bicyclic) bond motifs is 1. The van der Waals surface area contributed by atoms with Crippen molar-refractivity contribution in [3.05, 3.63) is 59.5 Å². The van der Waals surface area contributed by atoms with Gasteiger partial charge in [0.2, 0.25) is 0 Å². The predicted molar refractivity (Wildman–Crippen MR) is 93.2 cm³/mol. The molecular weight excluding hydrogens is 348 g/mol. The first-order chi connectivity index (χ1) is 11.5. The van der Waals surface area contributed by atoms with Crippen molar-refractivity contribution in [2.75, 3.05) is 11.2 Å². The summed E-state index contributed by atoms with van der Waals surface area (Å²) in [5, 5.41) is 12.4. The van der Waals surface area contributed by atoms with Gasteiger partial charge in [0.15, 0.2) is 9.84 Å². The summed E-state index contributed by atoms with van der Waals surface area (Å²) in [7, 11) is -3.43. The van der Waals surface area contributed by atoms with Crippen molar-refractivity contribution in [2.24, 2.45) is 0 Å². The molecule has 1 amide bonds. The molecule has 0 aliphatic carbocycles. The first kappa shape index (κ1) is 16.4. The largest absolute Gasteiger partial charge is 0.371 e. The molecule has 0 spiro atoms. The van der Waals surface area contributed by atoms with Crippen LogP contribution < -0.4 is 10.8 Å². The van der Waals surface area contributed by atoms with Gasteiger partial charge in [-0.25, -0.2) is 13.9 Å². The van der Waals surface area contributed by atoms with Gasteiger partial charge in [-0.2, -0.15) is 0 Å². The lowest BCUT2D eigenvalue weighted by Gasteiger charge is -2.08. The van der Waals surface area contributed by atoms with Gasteiger partial charge in [0.1, 0.15) is 5.88 Å². The summed E-state index contributed by atoms with van der Waals surface area (Å²) in [5.41, 5.74) is 2.23. The summed E-state index contributed by atoms with van der Waals surface area (Å²) < 4.78 is 25.4. The van der Waals surface area contributed by atoms with E-state index in [1.165, 1.54) is 11.3 Å². The van der Waals surface area contributed by atoms with E-state index < -0.39 is 15.7 Å². The molecule has 124 valence electrons. The monoisotopic (exact) mass is 362 g/mol. The zero-order chi connectivity index (χ0) is 17.2. The van der Waals surface area contributed by atoms with E-state index in [9.17, 15) is 13.2 Å². The predicted octanol–water partition coefficient (Wildman–Crippen LogP) is 2.86. The van der Waals surface area contributed by atoms with Gasteiger partial charge in [-0.3, -0.25) is 10.0 Å². The number of carbonyl (C=O) groups is 1. The molecule has 0 saturated carbocycles. The van der Waals surface area contributed by atoms with Gasteiger partial charge in [0, 0.05) is 10.4 Å². The van der Waals surface area contributed by atoms with Crippen molar-refractivity contribution >= 4 is 42.9 Å². The fourth-order valence-corrected chi connectivity index (χ4v) is 4.24. The second-order valence-electron chi connectivity index (χ2n) is 5.05. The lowest BCUT2D eigenvalue weighted by atomic mass is 10.2. The minimum Gasteiger partial charge on any atom is -0.371 e. The molecule has 6 nitrogen and oxygen atoms in total. The molecule has 0 bridgehead atoms. The highest BCUT2D eigenvalue weighted by molar-refractivity contribution is 7.91. The van der Waals surface area contributed by atoms with E-state index in [2.05, 4.69) is 5.32 Å². The fraction of sp³-hybridized carbons (Fsp3) is 0.0625. The van der Waals surface area contributed by atoms with Crippen LogP contribution in [0.4, 0.5) is 5.69 Å². The lowest BCUT2D eigenvalue weighted by molar-refractivity contribution is 0.0711.